The van der Waals surface area contributed by atoms with Crippen molar-refractivity contribution >= 4 is 0 Å². The molecule has 0 saturated heterocycles. The number of oxazole rings is 1. The summed E-state index contributed by atoms with van der Waals surface area (Å²) >= 11 is 0. The third-order valence-electron chi connectivity index (χ3n) is 1.98. The van der Waals surface area contributed by atoms with E-state index in [1.807, 2.05) is 6.92 Å². The number of aliphatic hydroxyl groups excluding tert-OH is 1. The van der Waals surface area contributed by atoms with Crippen molar-refractivity contribution in [3.05, 3.63) is 41.5 Å². The van der Waals surface area contributed by atoms with Gasteiger partial charge in [0.25, 0.3) is 0 Å². The van der Waals surface area contributed by atoms with E-state index in [2.05, 4.69) is 4.98 Å². The zero-order valence-corrected chi connectivity index (χ0v) is 8.61. The highest BCUT2D eigenvalue weighted by molar-refractivity contribution is 5.31. The van der Waals surface area contributed by atoms with Gasteiger partial charge in [-0.05, 0) is 24.6 Å². The molecule has 0 aliphatic rings. The van der Waals surface area contributed by atoms with E-state index < -0.39 is 5.82 Å². The molecule has 0 saturated carbocycles. The topological polar surface area (TPSA) is 55.5 Å². The number of rotatable bonds is 3. The first-order valence-corrected chi connectivity index (χ1v) is 4.68. The van der Waals surface area contributed by atoms with Crippen LogP contribution in [0.15, 0.2) is 28.9 Å². The summed E-state index contributed by atoms with van der Waals surface area (Å²) in [5, 5.41) is 8.76. The Labute approximate surface area is 91.3 Å². The summed E-state index contributed by atoms with van der Waals surface area (Å²) in [4.78, 5) is 3.79. The highest BCUT2D eigenvalue weighted by Gasteiger charge is 2.09. The van der Waals surface area contributed by atoms with Gasteiger partial charge in [0.2, 0.25) is 0 Å². The number of hydrogen-bond donors (Lipinski definition) is 1. The summed E-state index contributed by atoms with van der Waals surface area (Å²) < 4.78 is 23.3. The largest absolute Gasteiger partial charge is 0.417 e. The molecule has 1 aromatic heterocycles. The molecule has 16 heavy (non-hydrogen) atoms. The molecule has 1 N–H and O–H groups in total. The van der Waals surface area contributed by atoms with Gasteiger partial charge >= 0.3 is 6.08 Å². The fourth-order valence-corrected chi connectivity index (χ4v) is 1.19. The lowest BCUT2D eigenvalue weighted by Crippen LogP contribution is -1.90. The van der Waals surface area contributed by atoms with Gasteiger partial charge in [-0.3, -0.25) is 0 Å². The number of ether oxygens (including phenoxy) is 1. The van der Waals surface area contributed by atoms with Crippen LogP contribution in [0.5, 0.6) is 11.8 Å². The van der Waals surface area contributed by atoms with Crippen LogP contribution in [-0.2, 0) is 6.61 Å². The van der Waals surface area contributed by atoms with Crippen LogP contribution in [0.1, 0.15) is 11.3 Å². The summed E-state index contributed by atoms with van der Waals surface area (Å²) in [5.74, 6) is -0.444. The molecule has 0 unspecified atom stereocenters. The summed E-state index contributed by atoms with van der Waals surface area (Å²) in [5.41, 5.74) is 1.20. The molecular formula is C11H10FNO3. The maximum absolute atomic E-state index is 13.3. The number of aliphatic hydroxyl groups is 1. The average molecular weight is 223 g/mol. The van der Waals surface area contributed by atoms with E-state index in [0.29, 0.717) is 5.69 Å². The lowest BCUT2D eigenvalue weighted by molar-refractivity contribution is 0.276. The summed E-state index contributed by atoms with van der Waals surface area (Å²) in [6, 6.07) is 4.48. The molecule has 1 aromatic carbocycles. The van der Waals surface area contributed by atoms with Crippen molar-refractivity contribution in [2.75, 3.05) is 0 Å². The van der Waals surface area contributed by atoms with E-state index in [1.54, 1.807) is 6.07 Å². The molecule has 1 heterocycles. The van der Waals surface area contributed by atoms with Gasteiger partial charge in [0.15, 0.2) is 11.6 Å². The number of benzene rings is 1. The van der Waals surface area contributed by atoms with Gasteiger partial charge < -0.3 is 14.3 Å². The molecule has 84 valence electrons. The smallest absolute Gasteiger partial charge is 0.399 e. The summed E-state index contributed by atoms with van der Waals surface area (Å²) in [7, 11) is 0. The molecular weight excluding hydrogens is 213 g/mol. The van der Waals surface area contributed by atoms with Crippen LogP contribution >= 0.6 is 0 Å². The van der Waals surface area contributed by atoms with E-state index >= 15 is 0 Å². The Morgan fingerprint density at radius 2 is 2.31 bits per heavy atom. The molecule has 5 heteroatoms. The van der Waals surface area contributed by atoms with Crippen molar-refractivity contribution in [1.82, 2.24) is 4.98 Å². The van der Waals surface area contributed by atoms with Gasteiger partial charge in [0, 0.05) is 0 Å². The van der Waals surface area contributed by atoms with Crippen LogP contribution in [0.2, 0.25) is 0 Å². The average Bonchev–Trinajstić information content (AvgIpc) is 2.71. The first kappa shape index (κ1) is 10.6. The van der Waals surface area contributed by atoms with Crippen molar-refractivity contribution in [2.24, 2.45) is 0 Å². The highest BCUT2D eigenvalue weighted by atomic mass is 19.1. The molecule has 0 radical (unpaired) electrons. The predicted octanol–water partition coefficient (Wildman–Crippen LogP) is 2.41. The van der Waals surface area contributed by atoms with Crippen molar-refractivity contribution < 1.29 is 18.7 Å². The Kier molecular flexibility index (Phi) is 2.87. The number of aromatic nitrogens is 1. The maximum atomic E-state index is 13.3. The number of nitrogens with zero attached hydrogens (tertiary/aromatic N) is 1. The number of hydrogen-bond acceptors (Lipinski definition) is 4. The molecule has 0 bridgehead atoms. The molecule has 2 rings (SSSR count). The van der Waals surface area contributed by atoms with Crippen LogP contribution < -0.4 is 4.74 Å². The third kappa shape index (κ3) is 2.20. The molecule has 0 fully saturated rings. The normalized spacial score (nSPS) is 10.4. The van der Waals surface area contributed by atoms with Crippen molar-refractivity contribution in [3.8, 4) is 11.8 Å². The molecule has 0 atom stereocenters. The van der Waals surface area contributed by atoms with E-state index in [1.165, 1.54) is 18.4 Å². The predicted molar refractivity (Wildman–Crippen MR) is 53.6 cm³/mol. The second-order valence-corrected chi connectivity index (χ2v) is 3.30. The lowest BCUT2D eigenvalue weighted by atomic mass is 10.2. The summed E-state index contributed by atoms with van der Waals surface area (Å²) in [6.45, 7) is 1.57. The number of halogens is 1. The minimum absolute atomic E-state index is 0.0475. The van der Waals surface area contributed by atoms with Gasteiger partial charge in [0.05, 0.1) is 6.61 Å². The maximum Gasteiger partial charge on any atom is 0.399 e. The molecule has 0 amide bonds. The second kappa shape index (κ2) is 4.32. The minimum atomic E-state index is -0.491. The standard InChI is InChI=1S/C11H10FNO3/c1-7-2-3-9(12)10(4-7)16-11-13-8(5-14)6-15-11/h2-4,6,14H,5H2,1H3. The Balaban J connectivity index is 2.22. The van der Waals surface area contributed by atoms with Gasteiger partial charge in [0.1, 0.15) is 12.0 Å². The van der Waals surface area contributed by atoms with Crippen LogP contribution in [0, 0.1) is 12.7 Å². The minimum Gasteiger partial charge on any atom is -0.417 e. The van der Waals surface area contributed by atoms with Gasteiger partial charge in [-0.1, -0.05) is 6.07 Å². The molecule has 4 nitrogen and oxygen atoms in total. The van der Waals surface area contributed by atoms with Crippen molar-refractivity contribution in [1.29, 1.82) is 0 Å². The summed E-state index contributed by atoms with van der Waals surface area (Å²) in [6.07, 6.45) is 1.16. The third-order valence-corrected chi connectivity index (χ3v) is 1.98. The molecule has 0 aliphatic carbocycles. The lowest BCUT2D eigenvalue weighted by Gasteiger charge is -2.02. The Morgan fingerprint density at radius 1 is 1.50 bits per heavy atom. The van der Waals surface area contributed by atoms with E-state index in [-0.39, 0.29) is 18.4 Å². The van der Waals surface area contributed by atoms with Gasteiger partial charge in [-0.2, -0.15) is 4.98 Å². The molecule has 2 aromatic rings. The Hall–Kier alpha value is -1.88. The second-order valence-electron chi connectivity index (χ2n) is 3.30. The highest BCUT2D eigenvalue weighted by Crippen LogP contribution is 2.24. The van der Waals surface area contributed by atoms with Gasteiger partial charge in [-0.25, -0.2) is 4.39 Å². The van der Waals surface area contributed by atoms with Crippen molar-refractivity contribution in [2.45, 2.75) is 13.5 Å². The first-order chi connectivity index (χ1) is 7.69. The van der Waals surface area contributed by atoms with Crippen molar-refractivity contribution in [3.63, 3.8) is 0 Å². The van der Waals surface area contributed by atoms with E-state index in [9.17, 15) is 4.39 Å². The monoisotopic (exact) mass is 223 g/mol. The van der Waals surface area contributed by atoms with Gasteiger partial charge in [-0.15, -0.1) is 0 Å². The van der Waals surface area contributed by atoms with E-state index in [0.717, 1.165) is 5.56 Å². The fraction of sp³-hybridized carbons (Fsp3) is 0.182. The van der Waals surface area contributed by atoms with Crippen LogP contribution in [0.25, 0.3) is 0 Å². The Bertz CT molecular complexity index is 496. The zero-order chi connectivity index (χ0) is 11.5. The number of aryl methyl sites for hydroxylation is 1. The quantitative estimate of drug-likeness (QED) is 0.868. The first-order valence-electron chi connectivity index (χ1n) is 4.68. The van der Waals surface area contributed by atoms with Crippen LogP contribution in [0.4, 0.5) is 4.39 Å². The molecule has 0 aliphatic heterocycles. The Morgan fingerprint density at radius 3 is 3.00 bits per heavy atom. The fourth-order valence-electron chi connectivity index (χ4n) is 1.19. The van der Waals surface area contributed by atoms with E-state index in [4.69, 9.17) is 14.3 Å². The van der Waals surface area contributed by atoms with Crippen LogP contribution in [0.3, 0.4) is 0 Å². The molecule has 0 spiro atoms. The zero-order valence-electron chi connectivity index (χ0n) is 8.61. The van der Waals surface area contributed by atoms with Crippen LogP contribution in [-0.4, -0.2) is 10.1 Å². The SMILES string of the molecule is Cc1ccc(F)c(Oc2nc(CO)co2)c1.